The lowest BCUT2D eigenvalue weighted by molar-refractivity contribution is 0.174. The van der Waals surface area contributed by atoms with Gasteiger partial charge in [-0.05, 0) is 25.7 Å². The van der Waals surface area contributed by atoms with E-state index in [1.165, 1.54) is 11.3 Å². The Labute approximate surface area is 97.3 Å². The van der Waals surface area contributed by atoms with Crippen molar-refractivity contribution in [1.82, 2.24) is 4.90 Å². The van der Waals surface area contributed by atoms with Crippen molar-refractivity contribution < 1.29 is 5.11 Å². The number of rotatable bonds is 3. The second-order valence-corrected chi connectivity index (χ2v) is 4.74. The van der Waals surface area contributed by atoms with Crippen LogP contribution in [0.1, 0.15) is 5.56 Å². The first-order chi connectivity index (χ1) is 7.66. The number of benzene rings is 1. The lowest BCUT2D eigenvalue weighted by atomic mass is 10.00. The Morgan fingerprint density at radius 2 is 2.12 bits per heavy atom. The quantitative estimate of drug-likeness (QED) is 0.822. The largest absolute Gasteiger partial charge is 0.391 e. The molecule has 1 aliphatic rings. The number of hydrogen-bond donors (Lipinski definition) is 1. The van der Waals surface area contributed by atoms with Crippen LogP contribution in [0.3, 0.4) is 0 Å². The Balaban J connectivity index is 2.13. The number of aliphatic hydroxyl groups is 1. The maximum atomic E-state index is 9.84. The van der Waals surface area contributed by atoms with Crippen molar-refractivity contribution in [1.29, 1.82) is 0 Å². The maximum absolute atomic E-state index is 9.84. The molecule has 0 fully saturated rings. The van der Waals surface area contributed by atoms with Gasteiger partial charge in [0.05, 0.1) is 6.10 Å². The van der Waals surface area contributed by atoms with Crippen molar-refractivity contribution in [3.8, 4) is 0 Å². The van der Waals surface area contributed by atoms with Crippen molar-refractivity contribution >= 4 is 5.69 Å². The molecule has 0 aliphatic carbocycles. The van der Waals surface area contributed by atoms with Crippen LogP contribution in [0.5, 0.6) is 0 Å². The average molecular weight is 220 g/mol. The van der Waals surface area contributed by atoms with Gasteiger partial charge in [0.2, 0.25) is 0 Å². The molecule has 0 amide bonds. The molecule has 0 bridgehead atoms. The number of anilines is 1. The lowest BCUT2D eigenvalue weighted by Gasteiger charge is -2.34. The van der Waals surface area contributed by atoms with Gasteiger partial charge in [0.25, 0.3) is 0 Å². The zero-order chi connectivity index (χ0) is 11.5. The molecule has 2 rings (SSSR count). The molecule has 1 aromatic carbocycles. The molecule has 16 heavy (non-hydrogen) atoms. The Morgan fingerprint density at radius 1 is 1.38 bits per heavy atom. The summed E-state index contributed by atoms with van der Waals surface area (Å²) in [5.74, 6) is 0. The highest BCUT2D eigenvalue weighted by Crippen LogP contribution is 2.26. The molecule has 0 spiro atoms. The maximum Gasteiger partial charge on any atom is 0.0756 e. The first-order valence-corrected chi connectivity index (χ1v) is 5.82. The second-order valence-electron chi connectivity index (χ2n) is 4.74. The fourth-order valence-electron chi connectivity index (χ4n) is 2.20. The van der Waals surface area contributed by atoms with Crippen LogP contribution < -0.4 is 4.90 Å². The molecule has 1 N–H and O–H groups in total. The molecule has 0 aromatic heterocycles. The summed E-state index contributed by atoms with van der Waals surface area (Å²) in [7, 11) is 4.15. The molecular formula is C13H20N2O. The van der Waals surface area contributed by atoms with Crippen molar-refractivity contribution in [2.24, 2.45) is 0 Å². The summed E-state index contributed by atoms with van der Waals surface area (Å²) in [6, 6.07) is 8.37. The summed E-state index contributed by atoms with van der Waals surface area (Å²) >= 11 is 0. The smallest absolute Gasteiger partial charge is 0.0756 e. The molecule has 0 saturated heterocycles. The number of likely N-dealkylation sites (N-methyl/N-ethyl adjacent to an activating group) is 1. The van der Waals surface area contributed by atoms with E-state index in [0.717, 1.165) is 26.1 Å². The minimum absolute atomic E-state index is 0.225. The van der Waals surface area contributed by atoms with Crippen LogP contribution in [-0.2, 0) is 6.42 Å². The molecule has 3 heteroatoms. The molecule has 1 aliphatic heterocycles. The van der Waals surface area contributed by atoms with Crippen molar-refractivity contribution in [3.05, 3.63) is 29.8 Å². The molecule has 1 aromatic rings. The highest BCUT2D eigenvalue weighted by molar-refractivity contribution is 5.56. The van der Waals surface area contributed by atoms with Crippen LogP contribution >= 0.6 is 0 Å². The Kier molecular flexibility index (Phi) is 3.46. The van der Waals surface area contributed by atoms with E-state index in [1.807, 2.05) is 6.07 Å². The third-order valence-corrected chi connectivity index (χ3v) is 3.04. The summed E-state index contributed by atoms with van der Waals surface area (Å²) in [6.07, 6.45) is 0.561. The van der Waals surface area contributed by atoms with Gasteiger partial charge in [-0.1, -0.05) is 18.2 Å². The minimum atomic E-state index is -0.225. The summed E-state index contributed by atoms with van der Waals surface area (Å²) in [4.78, 5) is 4.45. The lowest BCUT2D eigenvalue weighted by Crippen LogP contribution is -2.41. The number of nitrogens with zero attached hydrogens (tertiary/aromatic N) is 2. The van der Waals surface area contributed by atoms with Gasteiger partial charge < -0.3 is 14.9 Å². The fraction of sp³-hybridized carbons (Fsp3) is 0.538. The van der Waals surface area contributed by atoms with Crippen molar-refractivity contribution in [2.45, 2.75) is 12.5 Å². The van der Waals surface area contributed by atoms with E-state index >= 15 is 0 Å². The highest BCUT2D eigenvalue weighted by Gasteiger charge is 2.21. The van der Waals surface area contributed by atoms with E-state index in [0.29, 0.717) is 0 Å². The number of fused-ring (bicyclic) bond motifs is 1. The summed E-state index contributed by atoms with van der Waals surface area (Å²) in [5, 5.41) is 9.84. The van der Waals surface area contributed by atoms with Crippen LogP contribution in [0.2, 0.25) is 0 Å². The van der Waals surface area contributed by atoms with Crippen molar-refractivity contribution in [3.63, 3.8) is 0 Å². The Hall–Kier alpha value is -1.06. The predicted octanol–water partition coefficient (Wildman–Crippen LogP) is 0.972. The van der Waals surface area contributed by atoms with Crippen LogP contribution in [0.25, 0.3) is 0 Å². The predicted molar refractivity (Wildman–Crippen MR) is 66.9 cm³/mol. The number of aliphatic hydroxyl groups excluding tert-OH is 1. The van der Waals surface area contributed by atoms with E-state index in [-0.39, 0.29) is 6.10 Å². The normalized spacial score (nSPS) is 20.0. The van der Waals surface area contributed by atoms with Crippen LogP contribution in [0.15, 0.2) is 24.3 Å². The monoisotopic (exact) mass is 220 g/mol. The summed E-state index contributed by atoms with van der Waals surface area (Å²) in [5.41, 5.74) is 2.55. The van der Waals surface area contributed by atoms with E-state index in [1.54, 1.807) is 0 Å². The van der Waals surface area contributed by atoms with Crippen LogP contribution in [0, 0.1) is 0 Å². The first-order valence-electron chi connectivity index (χ1n) is 5.82. The topological polar surface area (TPSA) is 26.7 Å². The summed E-state index contributed by atoms with van der Waals surface area (Å²) < 4.78 is 0. The zero-order valence-electron chi connectivity index (χ0n) is 10.1. The van der Waals surface area contributed by atoms with Crippen molar-refractivity contribution in [2.75, 3.05) is 38.6 Å². The molecule has 1 unspecified atom stereocenters. The van der Waals surface area contributed by atoms with E-state index in [9.17, 15) is 5.11 Å². The van der Waals surface area contributed by atoms with Gasteiger partial charge in [0.15, 0.2) is 0 Å². The van der Waals surface area contributed by atoms with Gasteiger partial charge in [-0.2, -0.15) is 0 Å². The zero-order valence-corrected chi connectivity index (χ0v) is 10.1. The van der Waals surface area contributed by atoms with Gasteiger partial charge >= 0.3 is 0 Å². The molecule has 88 valence electrons. The van der Waals surface area contributed by atoms with Gasteiger partial charge in [-0.15, -0.1) is 0 Å². The minimum Gasteiger partial charge on any atom is -0.391 e. The van der Waals surface area contributed by atoms with E-state index in [4.69, 9.17) is 0 Å². The summed E-state index contributed by atoms with van der Waals surface area (Å²) in [6.45, 7) is 2.74. The van der Waals surface area contributed by atoms with Gasteiger partial charge in [-0.3, -0.25) is 0 Å². The van der Waals surface area contributed by atoms with Crippen LogP contribution in [-0.4, -0.2) is 49.8 Å². The van der Waals surface area contributed by atoms with E-state index in [2.05, 4.69) is 42.1 Å². The van der Waals surface area contributed by atoms with Gasteiger partial charge in [-0.25, -0.2) is 0 Å². The second kappa shape index (κ2) is 4.85. The van der Waals surface area contributed by atoms with E-state index < -0.39 is 0 Å². The molecule has 3 nitrogen and oxygen atoms in total. The first kappa shape index (κ1) is 11.4. The third-order valence-electron chi connectivity index (χ3n) is 3.04. The Bertz CT molecular complexity index is 352. The standard InChI is InChI=1S/C13H20N2O/c1-14(2)7-8-15-10-12(16)9-11-5-3-4-6-13(11)15/h3-6,12,16H,7-10H2,1-2H3. The number of para-hydroxylation sites is 1. The number of β-amino-alcohol motifs (C(OH)–C–C–N with tert-alkyl or cyclic N) is 1. The third kappa shape index (κ3) is 2.54. The highest BCUT2D eigenvalue weighted by atomic mass is 16.3. The molecule has 0 radical (unpaired) electrons. The van der Waals surface area contributed by atoms with Crippen LogP contribution in [0.4, 0.5) is 5.69 Å². The molecule has 1 atom stereocenters. The molecular weight excluding hydrogens is 200 g/mol. The number of hydrogen-bond acceptors (Lipinski definition) is 3. The fourth-order valence-corrected chi connectivity index (χ4v) is 2.20. The molecule has 1 heterocycles. The molecule has 0 saturated carbocycles. The Morgan fingerprint density at radius 3 is 2.88 bits per heavy atom. The van der Waals surface area contributed by atoms with Gasteiger partial charge in [0, 0.05) is 31.7 Å². The van der Waals surface area contributed by atoms with Gasteiger partial charge in [0.1, 0.15) is 0 Å². The SMILES string of the molecule is CN(C)CCN1CC(O)Cc2ccccc21. The average Bonchev–Trinajstić information content (AvgIpc) is 2.25.